The van der Waals surface area contributed by atoms with Crippen LogP contribution in [0.5, 0.6) is 0 Å². The van der Waals surface area contributed by atoms with Crippen LogP contribution in [-0.2, 0) is 0 Å². The highest BCUT2D eigenvalue weighted by Gasteiger charge is 2.20. The van der Waals surface area contributed by atoms with E-state index in [-0.39, 0.29) is 5.54 Å². The monoisotopic (exact) mass is 273 g/mol. The van der Waals surface area contributed by atoms with Crippen LogP contribution in [0.3, 0.4) is 0 Å². The predicted molar refractivity (Wildman–Crippen MR) is 88.1 cm³/mol. The zero-order valence-corrected chi connectivity index (χ0v) is 13.5. The first-order valence-electron chi connectivity index (χ1n) is 8.34. The first-order chi connectivity index (χ1) is 9.54. The van der Waals surface area contributed by atoms with Gasteiger partial charge in [0.2, 0.25) is 0 Å². The van der Waals surface area contributed by atoms with Crippen LogP contribution >= 0.6 is 0 Å². The molecule has 1 saturated carbocycles. The van der Waals surface area contributed by atoms with Crippen molar-refractivity contribution in [1.82, 2.24) is 5.32 Å². The van der Waals surface area contributed by atoms with Crippen LogP contribution in [0, 0.1) is 5.92 Å². The van der Waals surface area contributed by atoms with Crippen LogP contribution in [-0.4, -0.2) is 12.1 Å². The van der Waals surface area contributed by atoms with Gasteiger partial charge in [-0.2, -0.15) is 0 Å². The molecule has 1 aliphatic rings. The van der Waals surface area contributed by atoms with E-state index < -0.39 is 0 Å². The third-order valence-electron chi connectivity index (χ3n) is 4.55. The Balaban J connectivity index is 1.92. The maximum absolute atomic E-state index is 3.70. The molecule has 1 heteroatoms. The minimum atomic E-state index is 0.209. The molecule has 1 fully saturated rings. The van der Waals surface area contributed by atoms with Gasteiger partial charge in [-0.3, -0.25) is 0 Å². The van der Waals surface area contributed by atoms with Gasteiger partial charge in [0.25, 0.3) is 0 Å². The summed E-state index contributed by atoms with van der Waals surface area (Å²) >= 11 is 0. The second-order valence-corrected chi connectivity index (χ2v) is 7.47. The Morgan fingerprint density at radius 3 is 2.35 bits per heavy atom. The van der Waals surface area contributed by atoms with Gasteiger partial charge in [-0.05, 0) is 51.0 Å². The average Bonchev–Trinajstić information content (AvgIpc) is 2.92. The van der Waals surface area contributed by atoms with E-state index in [1.165, 1.54) is 44.1 Å². The van der Waals surface area contributed by atoms with Gasteiger partial charge in [0.05, 0.1) is 0 Å². The van der Waals surface area contributed by atoms with Crippen LogP contribution in [0.2, 0.25) is 0 Å². The van der Waals surface area contributed by atoms with Gasteiger partial charge in [-0.1, -0.05) is 56.0 Å². The average molecular weight is 273 g/mol. The zero-order valence-electron chi connectivity index (χ0n) is 13.5. The van der Waals surface area contributed by atoms with Crippen molar-refractivity contribution < 1.29 is 0 Å². The van der Waals surface area contributed by atoms with Crippen LogP contribution < -0.4 is 5.32 Å². The highest BCUT2D eigenvalue weighted by atomic mass is 14.9. The molecule has 0 aliphatic heterocycles. The largest absolute Gasteiger partial charge is 0.311 e. The molecule has 0 spiro atoms. The molecule has 1 atom stereocenters. The van der Waals surface area contributed by atoms with E-state index in [0.29, 0.717) is 5.92 Å². The normalized spacial score (nSPS) is 18.4. The van der Waals surface area contributed by atoms with E-state index in [4.69, 9.17) is 0 Å². The molecular formula is C19H31N. The fourth-order valence-corrected chi connectivity index (χ4v) is 3.28. The van der Waals surface area contributed by atoms with Crippen molar-refractivity contribution in [1.29, 1.82) is 0 Å². The summed E-state index contributed by atoms with van der Waals surface area (Å²) in [5.41, 5.74) is 1.71. The van der Waals surface area contributed by atoms with E-state index in [1.807, 2.05) is 0 Å². The first kappa shape index (κ1) is 15.6. The second-order valence-electron chi connectivity index (χ2n) is 7.47. The summed E-state index contributed by atoms with van der Waals surface area (Å²) in [6.07, 6.45) is 8.59. The zero-order chi connectivity index (χ0) is 14.4. The SMILES string of the molecule is CC(C)(C)NCC(CCC1CCCC1)c1ccccc1. The van der Waals surface area contributed by atoms with Gasteiger partial charge in [0, 0.05) is 12.1 Å². The molecule has 1 aromatic rings. The Labute approximate surface area is 125 Å². The number of nitrogens with one attached hydrogen (secondary N) is 1. The summed E-state index contributed by atoms with van der Waals surface area (Å²) < 4.78 is 0. The summed E-state index contributed by atoms with van der Waals surface area (Å²) in [6, 6.07) is 11.1. The quantitative estimate of drug-likeness (QED) is 0.757. The maximum atomic E-state index is 3.70. The Morgan fingerprint density at radius 1 is 1.10 bits per heavy atom. The van der Waals surface area contributed by atoms with Gasteiger partial charge < -0.3 is 5.32 Å². The molecule has 1 aliphatic carbocycles. The van der Waals surface area contributed by atoms with Crippen LogP contribution in [0.4, 0.5) is 0 Å². The molecular weight excluding hydrogens is 242 g/mol. The van der Waals surface area contributed by atoms with Crippen molar-refractivity contribution in [3.8, 4) is 0 Å². The highest BCUT2D eigenvalue weighted by molar-refractivity contribution is 5.20. The van der Waals surface area contributed by atoms with Crippen molar-refractivity contribution in [3.05, 3.63) is 35.9 Å². The molecule has 0 bridgehead atoms. The molecule has 0 radical (unpaired) electrons. The van der Waals surface area contributed by atoms with E-state index in [2.05, 4.69) is 56.4 Å². The number of hydrogen-bond donors (Lipinski definition) is 1. The fourth-order valence-electron chi connectivity index (χ4n) is 3.28. The smallest absolute Gasteiger partial charge is 0.00967 e. The van der Waals surface area contributed by atoms with Crippen molar-refractivity contribution >= 4 is 0 Å². The topological polar surface area (TPSA) is 12.0 Å². The lowest BCUT2D eigenvalue weighted by atomic mass is 9.89. The van der Waals surface area contributed by atoms with Crippen molar-refractivity contribution in [2.45, 2.75) is 70.8 Å². The van der Waals surface area contributed by atoms with Crippen molar-refractivity contribution in [2.24, 2.45) is 5.92 Å². The fraction of sp³-hybridized carbons (Fsp3) is 0.684. The van der Waals surface area contributed by atoms with Crippen LogP contribution in [0.1, 0.15) is 70.8 Å². The molecule has 1 aromatic carbocycles. The Kier molecular flexibility index (Phi) is 5.65. The lowest BCUT2D eigenvalue weighted by molar-refractivity contribution is 0.379. The molecule has 0 aromatic heterocycles. The van der Waals surface area contributed by atoms with Gasteiger partial charge in [0.15, 0.2) is 0 Å². The minimum absolute atomic E-state index is 0.209. The maximum Gasteiger partial charge on any atom is 0.00967 e. The van der Waals surface area contributed by atoms with E-state index in [9.17, 15) is 0 Å². The Bertz CT molecular complexity index is 371. The van der Waals surface area contributed by atoms with E-state index >= 15 is 0 Å². The molecule has 112 valence electrons. The Hall–Kier alpha value is -0.820. The third-order valence-corrected chi connectivity index (χ3v) is 4.55. The molecule has 20 heavy (non-hydrogen) atoms. The summed E-state index contributed by atoms with van der Waals surface area (Å²) in [4.78, 5) is 0. The number of benzene rings is 1. The van der Waals surface area contributed by atoms with Gasteiger partial charge >= 0.3 is 0 Å². The van der Waals surface area contributed by atoms with Crippen LogP contribution in [0.25, 0.3) is 0 Å². The minimum Gasteiger partial charge on any atom is -0.311 e. The van der Waals surface area contributed by atoms with E-state index in [1.54, 1.807) is 0 Å². The summed E-state index contributed by atoms with van der Waals surface area (Å²) in [5, 5.41) is 3.70. The Morgan fingerprint density at radius 2 is 1.75 bits per heavy atom. The molecule has 1 nitrogen and oxygen atoms in total. The molecule has 1 N–H and O–H groups in total. The number of rotatable bonds is 6. The van der Waals surface area contributed by atoms with Gasteiger partial charge in [0.1, 0.15) is 0 Å². The number of hydrogen-bond acceptors (Lipinski definition) is 1. The van der Waals surface area contributed by atoms with Gasteiger partial charge in [-0.15, -0.1) is 0 Å². The summed E-state index contributed by atoms with van der Waals surface area (Å²) in [7, 11) is 0. The lowest BCUT2D eigenvalue weighted by Crippen LogP contribution is -2.38. The second kappa shape index (κ2) is 7.26. The van der Waals surface area contributed by atoms with Gasteiger partial charge in [-0.25, -0.2) is 0 Å². The molecule has 0 saturated heterocycles. The van der Waals surface area contributed by atoms with Crippen LogP contribution in [0.15, 0.2) is 30.3 Å². The summed E-state index contributed by atoms with van der Waals surface area (Å²) in [5.74, 6) is 1.66. The first-order valence-corrected chi connectivity index (χ1v) is 8.34. The van der Waals surface area contributed by atoms with E-state index in [0.717, 1.165) is 12.5 Å². The summed E-state index contributed by atoms with van der Waals surface area (Å²) in [6.45, 7) is 7.87. The highest BCUT2D eigenvalue weighted by Crippen LogP contribution is 2.32. The molecule has 0 heterocycles. The molecule has 1 unspecified atom stereocenters. The molecule has 0 amide bonds. The standard InChI is InChI=1S/C19H31N/c1-19(2,3)20-15-18(17-11-5-4-6-12-17)14-13-16-9-7-8-10-16/h4-6,11-12,16,18,20H,7-10,13-15H2,1-3H3. The molecule has 2 rings (SSSR count). The lowest BCUT2D eigenvalue weighted by Gasteiger charge is -2.26. The predicted octanol–water partition coefficient (Wildman–Crippen LogP) is 5.13. The third kappa shape index (κ3) is 5.28. The van der Waals surface area contributed by atoms with Crippen molar-refractivity contribution in [2.75, 3.05) is 6.54 Å². The van der Waals surface area contributed by atoms with Crippen molar-refractivity contribution in [3.63, 3.8) is 0 Å².